The van der Waals surface area contributed by atoms with Crippen molar-refractivity contribution in [3.63, 3.8) is 0 Å². The summed E-state index contributed by atoms with van der Waals surface area (Å²) >= 11 is 1.32. The Hall–Kier alpha value is -1.30. The van der Waals surface area contributed by atoms with E-state index < -0.39 is 0 Å². The van der Waals surface area contributed by atoms with E-state index in [1.807, 2.05) is 11.9 Å². The quantitative estimate of drug-likeness (QED) is 0.640. The molecule has 5 nitrogen and oxygen atoms in total. The Kier molecular flexibility index (Phi) is 6.69. The molecule has 0 atom stereocenters. The molecule has 0 unspecified atom stereocenters. The van der Waals surface area contributed by atoms with Crippen molar-refractivity contribution in [3.8, 4) is 0 Å². The van der Waals surface area contributed by atoms with E-state index in [2.05, 4.69) is 23.8 Å². The highest BCUT2D eigenvalue weighted by Crippen LogP contribution is 2.27. The van der Waals surface area contributed by atoms with Gasteiger partial charge in [0.15, 0.2) is 5.16 Å². The van der Waals surface area contributed by atoms with Crippen molar-refractivity contribution in [2.45, 2.75) is 63.6 Å². The van der Waals surface area contributed by atoms with E-state index in [9.17, 15) is 9.59 Å². The van der Waals surface area contributed by atoms with Crippen LogP contribution in [-0.4, -0.2) is 39.6 Å². The normalized spacial score (nSPS) is 21.2. The molecule has 1 N–H and O–H groups in total. The van der Waals surface area contributed by atoms with Gasteiger partial charge in [-0.3, -0.25) is 9.59 Å². The maximum atomic E-state index is 12.4. The number of aromatic nitrogens is 2. The van der Waals surface area contributed by atoms with E-state index in [1.54, 1.807) is 0 Å². The van der Waals surface area contributed by atoms with Crippen LogP contribution >= 0.6 is 11.8 Å². The summed E-state index contributed by atoms with van der Waals surface area (Å²) in [6, 6.07) is 1.89. The van der Waals surface area contributed by atoms with Crippen LogP contribution in [0.3, 0.4) is 0 Å². The molecule has 1 saturated carbocycles. The summed E-state index contributed by atoms with van der Waals surface area (Å²) in [4.78, 5) is 33.0. The van der Waals surface area contributed by atoms with E-state index >= 15 is 0 Å². The van der Waals surface area contributed by atoms with Crippen molar-refractivity contribution < 1.29 is 4.79 Å². The van der Waals surface area contributed by atoms with Crippen molar-refractivity contribution in [2.75, 3.05) is 12.8 Å². The Labute approximate surface area is 142 Å². The van der Waals surface area contributed by atoms with Gasteiger partial charge in [-0.15, -0.1) is 0 Å². The lowest BCUT2D eigenvalue weighted by atomic mass is 9.87. The zero-order valence-corrected chi connectivity index (χ0v) is 15.1. The van der Waals surface area contributed by atoms with Gasteiger partial charge in [0.25, 0.3) is 5.56 Å². The van der Waals surface area contributed by atoms with Crippen molar-refractivity contribution in [3.05, 3.63) is 22.1 Å². The maximum absolute atomic E-state index is 12.4. The first-order chi connectivity index (χ1) is 11.0. The largest absolute Gasteiger partial charge is 0.342 e. The summed E-state index contributed by atoms with van der Waals surface area (Å²) in [5, 5.41) is 0.542. The highest BCUT2D eigenvalue weighted by atomic mass is 32.2. The number of amides is 1. The van der Waals surface area contributed by atoms with E-state index in [0.29, 0.717) is 17.0 Å². The number of rotatable bonds is 6. The molecule has 1 fully saturated rings. The minimum Gasteiger partial charge on any atom is -0.342 e. The number of thioether (sulfide) groups is 1. The molecule has 0 aromatic carbocycles. The van der Waals surface area contributed by atoms with Gasteiger partial charge in [0.2, 0.25) is 5.91 Å². The smallest absolute Gasteiger partial charge is 0.251 e. The lowest BCUT2D eigenvalue weighted by Gasteiger charge is -2.33. The maximum Gasteiger partial charge on any atom is 0.251 e. The summed E-state index contributed by atoms with van der Waals surface area (Å²) in [5.74, 6) is 1.21. The number of nitrogens with zero attached hydrogens (tertiary/aromatic N) is 2. The third-order valence-electron chi connectivity index (χ3n) is 4.54. The summed E-state index contributed by atoms with van der Waals surface area (Å²) in [7, 11) is 1.90. The molecule has 1 aliphatic carbocycles. The van der Waals surface area contributed by atoms with Gasteiger partial charge in [-0.2, -0.15) is 0 Å². The summed E-state index contributed by atoms with van der Waals surface area (Å²) in [6.07, 6.45) is 6.31. The first-order valence-corrected chi connectivity index (χ1v) is 9.46. The van der Waals surface area contributed by atoms with Gasteiger partial charge in [0.1, 0.15) is 0 Å². The average molecular weight is 337 g/mol. The number of carbonyl (C=O) groups excluding carboxylic acids is 1. The second-order valence-electron chi connectivity index (χ2n) is 6.50. The Morgan fingerprint density at radius 1 is 1.39 bits per heavy atom. The molecule has 1 aliphatic rings. The summed E-state index contributed by atoms with van der Waals surface area (Å²) in [5.41, 5.74) is 0.647. The first kappa shape index (κ1) is 18.0. The monoisotopic (exact) mass is 337 g/mol. The molecular weight excluding hydrogens is 310 g/mol. The predicted octanol–water partition coefficient (Wildman–Crippen LogP) is 2.85. The fourth-order valence-corrected chi connectivity index (χ4v) is 3.82. The van der Waals surface area contributed by atoms with Gasteiger partial charge in [0, 0.05) is 24.8 Å². The molecule has 23 heavy (non-hydrogen) atoms. The van der Waals surface area contributed by atoms with Crippen molar-refractivity contribution in [1.82, 2.24) is 14.9 Å². The number of aryl methyl sites for hydroxylation is 1. The molecule has 1 aromatic rings. The van der Waals surface area contributed by atoms with E-state index in [-0.39, 0.29) is 11.5 Å². The van der Waals surface area contributed by atoms with Crippen molar-refractivity contribution in [1.29, 1.82) is 0 Å². The standard InChI is InChI=1S/C17H27N3O2S/c1-4-5-13-10-15(21)19-17(18-13)23-11-16(22)20(3)14-8-6-12(2)7-9-14/h10,12,14H,4-9,11H2,1-3H3,(H,18,19,21). The summed E-state index contributed by atoms with van der Waals surface area (Å²) in [6.45, 7) is 4.33. The number of nitrogens with one attached hydrogen (secondary N) is 1. The van der Waals surface area contributed by atoms with Gasteiger partial charge in [-0.1, -0.05) is 32.0 Å². The average Bonchev–Trinajstić information content (AvgIpc) is 2.52. The van der Waals surface area contributed by atoms with Crippen LogP contribution in [0, 0.1) is 5.92 Å². The number of carbonyl (C=O) groups is 1. The van der Waals surface area contributed by atoms with Gasteiger partial charge in [-0.25, -0.2) is 4.98 Å². The molecule has 0 radical (unpaired) electrons. The number of hydrogen-bond donors (Lipinski definition) is 1. The lowest BCUT2D eigenvalue weighted by Crippen LogP contribution is -2.40. The van der Waals surface area contributed by atoms with E-state index in [4.69, 9.17) is 0 Å². The molecule has 6 heteroatoms. The van der Waals surface area contributed by atoms with Crippen molar-refractivity contribution in [2.24, 2.45) is 5.92 Å². The van der Waals surface area contributed by atoms with E-state index in [0.717, 1.165) is 37.3 Å². The number of H-pyrrole nitrogens is 1. The van der Waals surface area contributed by atoms with Crippen LogP contribution < -0.4 is 5.56 Å². The number of aromatic amines is 1. The third kappa shape index (κ3) is 5.37. The van der Waals surface area contributed by atoms with Crippen LogP contribution in [0.4, 0.5) is 0 Å². The fourth-order valence-electron chi connectivity index (χ4n) is 3.00. The fraction of sp³-hybridized carbons (Fsp3) is 0.706. The zero-order chi connectivity index (χ0) is 16.8. The van der Waals surface area contributed by atoms with Crippen LogP contribution in [0.2, 0.25) is 0 Å². The Bertz CT molecular complexity index is 579. The highest BCUT2D eigenvalue weighted by molar-refractivity contribution is 7.99. The number of hydrogen-bond acceptors (Lipinski definition) is 4. The predicted molar refractivity (Wildman–Crippen MR) is 93.8 cm³/mol. The van der Waals surface area contributed by atoms with Crippen LogP contribution in [0.25, 0.3) is 0 Å². The Balaban J connectivity index is 1.89. The molecule has 0 aliphatic heterocycles. The van der Waals surface area contributed by atoms with Gasteiger partial charge in [0.05, 0.1) is 5.75 Å². The third-order valence-corrected chi connectivity index (χ3v) is 5.40. The second kappa shape index (κ2) is 8.52. The second-order valence-corrected chi connectivity index (χ2v) is 7.46. The minimum atomic E-state index is -0.145. The molecule has 0 bridgehead atoms. The highest BCUT2D eigenvalue weighted by Gasteiger charge is 2.24. The minimum absolute atomic E-state index is 0.109. The zero-order valence-electron chi connectivity index (χ0n) is 14.3. The molecule has 1 aromatic heterocycles. The van der Waals surface area contributed by atoms with Gasteiger partial charge < -0.3 is 9.88 Å². The van der Waals surface area contributed by atoms with E-state index in [1.165, 1.54) is 30.7 Å². The first-order valence-electron chi connectivity index (χ1n) is 8.48. The van der Waals surface area contributed by atoms with Crippen LogP contribution in [0.5, 0.6) is 0 Å². The van der Waals surface area contributed by atoms with Crippen LogP contribution in [-0.2, 0) is 11.2 Å². The van der Waals surface area contributed by atoms with Gasteiger partial charge >= 0.3 is 0 Å². The molecule has 1 heterocycles. The molecule has 1 amide bonds. The Morgan fingerprint density at radius 3 is 2.74 bits per heavy atom. The van der Waals surface area contributed by atoms with Crippen LogP contribution in [0.15, 0.2) is 16.0 Å². The molecule has 0 spiro atoms. The molecule has 2 rings (SSSR count). The summed E-state index contributed by atoms with van der Waals surface area (Å²) < 4.78 is 0. The van der Waals surface area contributed by atoms with Crippen molar-refractivity contribution >= 4 is 17.7 Å². The lowest BCUT2D eigenvalue weighted by molar-refractivity contribution is -0.129. The van der Waals surface area contributed by atoms with Gasteiger partial charge in [-0.05, 0) is 38.0 Å². The molecule has 128 valence electrons. The van der Waals surface area contributed by atoms with Crippen LogP contribution in [0.1, 0.15) is 51.6 Å². The topological polar surface area (TPSA) is 66.1 Å². The molecular formula is C17H27N3O2S. The Morgan fingerprint density at radius 2 is 2.09 bits per heavy atom. The SMILES string of the molecule is CCCc1cc(=O)[nH]c(SCC(=O)N(C)C2CCC(C)CC2)n1. The molecule has 0 saturated heterocycles.